The zero-order valence-corrected chi connectivity index (χ0v) is 7.56. The van der Waals surface area contributed by atoms with Gasteiger partial charge in [-0.25, -0.2) is 0 Å². The third-order valence-electron chi connectivity index (χ3n) is 1.67. The lowest BCUT2D eigenvalue weighted by Crippen LogP contribution is -2.20. The minimum Gasteiger partial charge on any atom is -0.618 e. The Morgan fingerprint density at radius 3 is 2.83 bits per heavy atom. The van der Waals surface area contributed by atoms with Gasteiger partial charge in [0.05, 0.1) is 9.92 Å². The molecule has 3 nitrogen and oxygen atoms in total. The summed E-state index contributed by atoms with van der Waals surface area (Å²) in [6.07, 6.45) is 0. The van der Waals surface area contributed by atoms with Gasteiger partial charge >= 0.3 is 0 Å². The maximum atomic E-state index is 11.0. The van der Waals surface area contributed by atoms with Crippen molar-refractivity contribution in [2.24, 2.45) is 0 Å². The molecule has 0 atom stereocenters. The molecule has 0 aliphatic carbocycles. The second kappa shape index (κ2) is 2.61. The third-order valence-corrected chi connectivity index (χ3v) is 3.01. The van der Waals surface area contributed by atoms with Crippen molar-refractivity contribution < 1.29 is 4.21 Å². The van der Waals surface area contributed by atoms with Gasteiger partial charge in [-0.2, -0.15) is 0 Å². The molecule has 1 aliphatic heterocycles. The van der Waals surface area contributed by atoms with Crippen molar-refractivity contribution in [1.82, 2.24) is 0 Å². The van der Waals surface area contributed by atoms with Crippen LogP contribution >= 0.6 is 23.5 Å². The van der Waals surface area contributed by atoms with Gasteiger partial charge < -0.3 is 14.6 Å². The fraction of sp³-hybridized carbons (Fsp3) is 0.143. The monoisotopic (exact) mass is 202 g/mol. The Morgan fingerprint density at radius 1 is 1.42 bits per heavy atom. The van der Waals surface area contributed by atoms with E-state index >= 15 is 0 Å². The molecule has 1 aliphatic rings. The van der Waals surface area contributed by atoms with E-state index in [1.54, 1.807) is 18.2 Å². The van der Waals surface area contributed by atoms with E-state index in [0.717, 1.165) is 11.9 Å². The molecule has 1 heterocycles. The van der Waals surface area contributed by atoms with Crippen molar-refractivity contribution in [3.63, 3.8) is 0 Å². The first-order chi connectivity index (χ1) is 5.58. The number of fused-ring (bicyclic) bond motifs is 1. The normalized spacial score (nSPS) is 19.2. The highest BCUT2D eigenvalue weighted by molar-refractivity contribution is 7.94. The topological polar surface area (TPSA) is 46.1 Å². The SMILES string of the molecule is [O-][N+]1([O-])Cc2c(Cl)cccc2S1. The lowest BCUT2D eigenvalue weighted by molar-refractivity contribution is -0.694. The van der Waals surface area contributed by atoms with Gasteiger partial charge in [0, 0.05) is 5.56 Å². The predicted octanol–water partition coefficient (Wildman–Crippen LogP) is 2.67. The first-order valence-corrected chi connectivity index (χ1v) is 4.51. The van der Waals surface area contributed by atoms with Crippen LogP contribution in [0.4, 0.5) is 0 Å². The van der Waals surface area contributed by atoms with Gasteiger partial charge in [0.15, 0.2) is 0 Å². The van der Waals surface area contributed by atoms with Crippen LogP contribution in [0.25, 0.3) is 0 Å². The molecule has 64 valence electrons. The highest BCUT2D eigenvalue weighted by atomic mass is 35.5. The minimum atomic E-state index is -1.56. The Bertz CT molecular complexity index is 329. The van der Waals surface area contributed by atoms with Crippen molar-refractivity contribution in [2.75, 3.05) is 0 Å². The summed E-state index contributed by atoms with van der Waals surface area (Å²) in [6.45, 7) is -0.0837. The molecular weight excluding hydrogens is 198 g/mol. The quantitative estimate of drug-likeness (QED) is 0.369. The summed E-state index contributed by atoms with van der Waals surface area (Å²) >= 11 is 6.55. The first kappa shape index (κ1) is 8.34. The Labute approximate surface area is 78.8 Å². The van der Waals surface area contributed by atoms with E-state index < -0.39 is 4.21 Å². The van der Waals surface area contributed by atoms with E-state index in [1.165, 1.54) is 0 Å². The van der Waals surface area contributed by atoms with Gasteiger partial charge in [-0.15, -0.1) is 0 Å². The number of benzene rings is 1. The highest BCUT2D eigenvalue weighted by Gasteiger charge is 2.25. The average Bonchev–Trinajstić information content (AvgIpc) is 2.25. The summed E-state index contributed by atoms with van der Waals surface area (Å²) in [6, 6.07) is 5.16. The molecular formula is C7H5ClNO2S-. The summed E-state index contributed by atoms with van der Waals surface area (Å²) in [7, 11) is 0. The van der Waals surface area contributed by atoms with Crippen LogP contribution in [0.15, 0.2) is 23.1 Å². The molecule has 0 spiro atoms. The lowest BCUT2D eigenvalue weighted by Gasteiger charge is -2.38. The van der Waals surface area contributed by atoms with Crippen molar-refractivity contribution in [3.8, 4) is 0 Å². The summed E-state index contributed by atoms with van der Waals surface area (Å²) < 4.78 is -1.56. The predicted molar refractivity (Wildman–Crippen MR) is 48.0 cm³/mol. The Balaban J connectivity index is 2.48. The second-order valence-electron chi connectivity index (χ2n) is 2.58. The van der Waals surface area contributed by atoms with E-state index in [-0.39, 0.29) is 6.54 Å². The lowest BCUT2D eigenvalue weighted by atomic mass is 10.2. The van der Waals surface area contributed by atoms with Crippen LogP contribution in [0.3, 0.4) is 0 Å². The summed E-state index contributed by atoms with van der Waals surface area (Å²) in [5, 5.41) is 22.5. The Hall–Kier alpha value is -0.260. The molecule has 5 heteroatoms. The number of halogens is 1. The van der Waals surface area contributed by atoms with Crippen LogP contribution in [0.5, 0.6) is 0 Å². The third kappa shape index (κ3) is 1.32. The van der Waals surface area contributed by atoms with Gasteiger partial charge in [0.1, 0.15) is 18.5 Å². The average molecular weight is 203 g/mol. The summed E-state index contributed by atoms with van der Waals surface area (Å²) in [5.74, 6) is 0. The van der Waals surface area contributed by atoms with Crippen LogP contribution in [-0.2, 0) is 6.54 Å². The largest absolute Gasteiger partial charge is 0.618 e. The number of rotatable bonds is 0. The fourth-order valence-electron chi connectivity index (χ4n) is 1.15. The molecule has 0 saturated carbocycles. The van der Waals surface area contributed by atoms with Gasteiger partial charge in [0.25, 0.3) is 0 Å². The van der Waals surface area contributed by atoms with Crippen molar-refractivity contribution in [2.45, 2.75) is 11.4 Å². The molecule has 2 rings (SSSR count). The second-order valence-corrected chi connectivity index (χ2v) is 4.16. The Morgan fingerprint density at radius 2 is 2.17 bits per heavy atom. The van der Waals surface area contributed by atoms with Crippen LogP contribution in [-0.4, -0.2) is 4.21 Å². The molecule has 0 bridgehead atoms. The number of quaternary nitrogens is 1. The van der Waals surface area contributed by atoms with Crippen LogP contribution in [0.1, 0.15) is 5.56 Å². The number of hydrogen-bond acceptors (Lipinski definition) is 3. The molecule has 0 unspecified atom stereocenters. The summed E-state index contributed by atoms with van der Waals surface area (Å²) in [4.78, 5) is 0.701. The maximum Gasteiger partial charge on any atom is 0.118 e. The zero-order valence-electron chi connectivity index (χ0n) is 5.99. The zero-order chi connectivity index (χ0) is 8.77. The van der Waals surface area contributed by atoms with Gasteiger partial charge in [-0.1, -0.05) is 17.7 Å². The van der Waals surface area contributed by atoms with Crippen LogP contribution in [0.2, 0.25) is 5.02 Å². The van der Waals surface area contributed by atoms with E-state index in [0.29, 0.717) is 15.5 Å². The van der Waals surface area contributed by atoms with Crippen molar-refractivity contribution in [1.29, 1.82) is 0 Å². The molecule has 0 radical (unpaired) electrons. The van der Waals surface area contributed by atoms with Crippen molar-refractivity contribution in [3.05, 3.63) is 39.2 Å². The van der Waals surface area contributed by atoms with Gasteiger partial charge in [0.2, 0.25) is 0 Å². The fourth-order valence-corrected chi connectivity index (χ4v) is 2.36. The molecule has 0 N–H and O–H groups in total. The molecule has 0 aromatic heterocycles. The van der Waals surface area contributed by atoms with E-state index in [1.807, 2.05) is 0 Å². The van der Waals surface area contributed by atoms with E-state index in [4.69, 9.17) is 11.6 Å². The molecule has 0 amide bonds. The van der Waals surface area contributed by atoms with Gasteiger partial charge in [-0.05, 0) is 12.1 Å². The van der Waals surface area contributed by atoms with Crippen LogP contribution < -0.4 is 0 Å². The molecule has 12 heavy (non-hydrogen) atoms. The number of hydroxylamine groups is 2. The smallest absolute Gasteiger partial charge is 0.118 e. The molecule has 1 aromatic rings. The maximum absolute atomic E-state index is 11.0. The van der Waals surface area contributed by atoms with Gasteiger partial charge in [-0.3, -0.25) is 0 Å². The standard InChI is InChI=1S/C7H5ClNO2S/c8-6-2-1-3-7-5(6)4-9(10,11)12-7/h1-3H,4H2/q-1. The Kier molecular flexibility index (Phi) is 1.82. The van der Waals surface area contributed by atoms with Crippen molar-refractivity contribution >= 4 is 23.5 Å². The van der Waals surface area contributed by atoms with E-state index in [2.05, 4.69) is 0 Å². The summed E-state index contributed by atoms with van der Waals surface area (Å²) in [5.41, 5.74) is 0.675. The highest BCUT2D eigenvalue weighted by Crippen LogP contribution is 2.43. The minimum absolute atomic E-state index is 0.0837. The number of hydrogen-bond donors (Lipinski definition) is 0. The number of nitrogens with zero attached hydrogens (tertiary/aromatic N) is 1. The molecule has 1 aromatic carbocycles. The molecule has 0 saturated heterocycles. The first-order valence-electron chi connectivity index (χ1n) is 3.35. The van der Waals surface area contributed by atoms with E-state index in [9.17, 15) is 10.4 Å². The van der Waals surface area contributed by atoms with Crippen LogP contribution in [0, 0.1) is 10.4 Å². The molecule has 0 fully saturated rings.